The molecule has 0 aromatic heterocycles. The second-order valence-corrected chi connectivity index (χ2v) is 6.60. The van der Waals surface area contributed by atoms with E-state index in [-0.39, 0.29) is 11.6 Å². The normalized spacial score (nSPS) is 24.8. The number of nitrogens with zero attached hydrogens (tertiary/aromatic N) is 3. The topological polar surface area (TPSA) is 97.4 Å². The molecular formula is C19H15ClN4. The van der Waals surface area contributed by atoms with Crippen LogP contribution in [0.4, 0.5) is 0 Å². The molecule has 1 aromatic rings. The van der Waals surface area contributed by atoms with E-state index in [1.54, 1.807) is 12.1 Å². The van der Waals surface area contributed by atoms with Gasteiger partial charge in [-0.3, -0.25) is 0 Å². The van der Waals surface area contributed by atoms with Crippen molar-refractivity contribution < 1.29 is 0 Å². The molecule has 0 aliphatic heterocycles. The molecule has 5 heteroatoms. The third-order valence-corrected chi connectivity index (χ3v) is 5.24. The highest BCUT2D eigenvalue weighted by Gasteiger charge is 2.53. The van der Waals surface area contributed by atoms with Crippen LogP contribution in [0.5, 0.6) is 0 Å². The Bertz CT molecular complexity index is 862. The van der Waals surface area contributed by atoms with Gasteiger partial charge >= 0.3 is 0 Å². The minimum atomic E-state index is -1.56. The fraction of sp³-hybridized carbons (Fsp3) is 0.316. The summed E-state index contributed by atoms with van der Waals surface area (Å²) in [6, 6.07) is 13.6. The van der Waals surface area contributed by atoms with Crippen LogP contribution in [0, 0.1) is 45.3 Å². The van der Waals surface area contributed by atoms with Crippen molar-refractivity contribution in [2.45, 2.75) is 25.2 Å². The summed E-state index contributed by atoms with van der Waals surface area (Å²) in [7, 11) is 0. The quantitative estimate of drug-likeness (QED) is 0.841. The van der Waals surface area contributed by atoms with Crippen LogP contribution < -0.4 is 5.73 Å². The molecule has 0 saturated carbocycles. The number of nitriles is 3. The van der Waals surface area contributed by atoms with Crippen LogP contribution in [0.3, 0.4) is 0 Å². The van der Waals surface area contributed by atoms with Crippen LogP contribution in [0.1, 0.15) is 30.7 Å². The average molecular weight is 335 g/mol. The van der Waals surface area contributed by atoms with Gasteiger partial charge in [0.1, 0.15) is 6.07 Å². The van der Waals surface area contributed by atoms with E-state index in [9.17, 15) is 15.8 Å². The fourth-order valence-electron chi connectivity index (χ4n) is 3.95. The van der Waals surface area contributed by atoms with Crippen molar-refractivity contribution in [1.29, 1.82) is 15.8 Å². The van der Waals surface area contributed by atoms with Gasteiger partial charge in [-0.05, 0) is 48.4 Å². The molecule has 2 atom stereocenters. The largest absolute Gasteiger partial charge is 0.399 e. The lowest BCUT2D eigenvalue weighted by molar-refractivity contribution is 0.317. The number of nitrogens with two attached hydrogens (primary N) is 1. The zero-order valence-electron chi connectivity index (χ0n) is 13.0. The first-order chi connectivity index (χ1) is 11.6. The van der Waals surface area contributed by atoms with Crippen LogP contribution in [-0.4, -0.2) is 0 Å². The third kappa shape index (κ3) is 2.18. The first-order valence-corrected chi connectivity index (χ1v) is 8.15. The standard InChI is InChI=1S/C19H15ClN4/c20-13-5-3-4-12(8-13)17-15-7-2-1-6-14(15)16(9-21)18(24)19(17,10-22)11-23/h3-6,8,15,17H,1-2,7,24H2/t15-,17+/m0/s1. The van der Waals surface area contributed by atoms with Crippen molar-refractivity contribution in [2.24, 2.45) is 17.1 Å². The Kier molecular flexibility index (Phi) is 4.06. The van der Waals surface area contributed by atoms with Crippen molar-refractivity contribution >= 4 is 11.6 Å². The Hall–Kier alpha value is -2.74. The summed E-state index contributed by atoms with van der Waals surface area (Å²) >= 11 is 6.14. The minimum Gasteiger partial charge on any atom is -0.399 e. The monoisotopic (exact) mass is 334 g/mol. The van der Waals surface area contributed by atoms with E-state index in [0.29, 0.717) is 10.6 Å². The predicted molar refractivity (Wildman–Crippen MR) is 90.1 cm³/mol. The Morgan fingerprint density at radius 3 is 2.58 bits per heavy atom. The highest BCUT2D eigenvalue weighted by Crippen LogP contribution is 2.55. The minimum absolute atomic E-state index is 0.0596. The van der Waals surface area contributed by atoms with Gasteiger partial charge in [-0.15, -0.1) is 0 Å². The maximum atomic E-state index is 9.87. The number of halogens is 1. The second-order valence-electron chi connectivity index (χ2n) is 6.16. The van der Waals surface area contributed by atoms with E-state index in [2.05, 4.69) is 18.2 Å². The molecular weight excluding hydrogens is 320 g/mol. The predicted octanol–water partition coefficient (Wildman–Crippen LogP) is 3.93. The Balaban J connectivity index is 2.34. The average Bonchev–Trinajstić information content (AvgIpc) is 2.61. The molecule has 0 fully saturated rings. The van der Waals surface area contributed by atoms with Crippen molar-refractivity contribution in [3.05, 3.63) is 57.8 Å². The molecule has 0 unspecified atom stereocenters. The van der Waals surface area contributed by atoms with E-state index in [1.807, 2.05) is 18.2 Å². The first kappa shape index (κ1) is 16.1. The van der Waals surface area contributed by atoms with Gasteiger partial charge in [0, 0.05) is 10.9 Å². The van der Waals surface area contributed by atoms with Crippen LogP contribution >= 0.6 is 11.6 Å². The zero-order valence-corrected chi connectivity index (χ0v) is 13.7. The lowest BCUT2D eigenvalue weighted by atomic mass is 9.57. The zero-order chi connectivity index (χ0) is 17.3. The van der Waals surface area contributed by atoms with E-state index in [1.165, 1.54) is 0 Å². The number of rotatable bonds is 1. The second kappa shape index (κ2) is 6.04. The summed E-state index contributed by atoms with van der Waals surface area (Å²) in [5, 5.41) is 29.8. The third-order valence-electron chi connectivity index (χ3n) is 5.01. The Morgan fingerprint density at radius 2 is 1.96 bits per heavy atom. The maximum Gasteiger partial charge on any atom is 0.191 e. The highest BCUT2D eigenvalue weighted by molar-refractivity contribution is 6.30. The molecule has 0 heterocycles. The summed E-state index contributed by atoms with van der Waals surface area (Å²) in [5.74, 6) is -0.520. The Labute approximate surface area is 146 Å². The molecule has 24 heavy (non-hydrogen) atoms. The smallest absolute Gasteiger partial charge is 0.191 e. The summed E-state index contributed by atoms with van der Waals surface area (Å²) < 4.78 is 0. The van der Waals surface area contributed by atoms with Gasteiger partial charge in [-0.25, -0.2) is 0 Å². The molecule has 2 aliphatic rings. The van der Waals surface area contributed by atoms with Gasteiger partial charge in [0.2, 0.25) is 0 Å². The molecule has 2 N–H and O–H groups in total. The molecule has 0 saturated heterocycles. The van der Waals surface area contributed by atoms with Gasteiger partial charge < -0.3 is 5.73 Å². The molecule has 4 nitrogen and oxygen atoms in total. The van der Waals surface area contributed by atoms with Crippen LogP contribution in [0.15, 0.2) is 47.2 Å². The number of hydrogen-bond donors (Lipinski definition) is 1. The highest BCUT2D eigenvalue weighted by atomic mass is 35.5. The lowest BCUT2D eigenvalue weighted by Gasteiger charge is -2.43. The Morgan fingerprint density at radius 1 is 1.21 bits per heavy atom. The molecule has 3 rings (SSSR count). The van der Waals surface area contributed by atoms with Crippen molar-refractivity contribution in [1.82, 2.24) is 0 Å². The number of benzene rings is 1. The van der Waals surface area contributed by atoms with E-state index in [0.717, 1.165) is 30.4 Å². The van der Waals surface area contributed by atoms with Crippen LogP contribution in [-0.2, 0) is 0 Å². The van der Waals surface area contributed by atoms with Gasteiger partial charge in [0.05, 0.1) is 23.4 Å². The molecule has 0 bridgehead atoms. The first-order valence-electron chi connectivity index (χ1n) is 7.77. The molecule has 118 valence electrons. The molecule has 2 aliphatic carbocycles. The number of allylic oxidation sites excluding steroid dienone is 4. The van der Waals surface area contributed by atoms with E-state index >= 15 is 0 Å². The van der Waals surface area contributed by atoms with Crippen LogP contribution in [0.2, 0.25) is 5.02 Å². The SMILES string of the molecule is N#CC1=C(N)C(C#N)(C#N)[C@H](c2cccc(Cl)c2)[C@H]2CCCC=C12. The summed E-state index contributed by atoms with van der Waals surface area (Å²) in [6.45, 7) is 0. The molecule has 0 spiro atoms. The van der Waals surface area contributed by atoms with Crippen molar-refractivity contribution in [3.8, 4) is 18.2 Å². The van der Waals surface area contributed by atoms with Gasteiger partial charge in [0.25, 0.3) is 0 Å². The van der Waals surface area contributed by atoms with E-state index < -0.39 is 11.3 Å². The molecule has 1 aromatic carbocycles. The van der Waals surface area contributed by atoms with Crippen LogP contribution in [0.25, 0.3) is 0 Å². The van der Waals surface area contributed by atoms with E-state index in [4.69, 9.17) is 17.3 Å². The van der Waals surface area contributed by atoms with Gasteiger partial charge in [0.15, 0.2) is 5.41 Å². The fourth-order valence-corrected chi connectivity index (χ4v) is 4.15. The van der Waals surface area contributed by atoms with Gasteiger partial charge in [-0.1, -0.05) is 29.8 Å². The van der Waals surface area contributed by atoms with Crippen molar-refractivity contribution in [2.75, 3.05) is 0 Å². The maximum absolute atomic E-state index is 9.87. The number of hydrogen-bond acceptors (Lipinski definition) is 4. The van der Waals surface area contributed by atoms with Crippen molar-refractivity contribution in [3.63, 3.8) is 0 Å². The summed E-state index contributed by atoms with van der Waals surface area (Å²) in [4.78, 5) is 0. The summed E-state index contributed by atoms with van der Waals surface area (Å²) in [6.07, 6.45) is 4.66. The lowest BCUT2D eigenvalue weighted by Crippen LogP contribution is -2.42. The van der Waals surface area contributed by atoms with Gasteiger partial charge in [-0.2, -0.15) is 15.8 Å². The number of fused-ring (bicyclic) bond motifs is 1. The molecule has 0 radical (unpaired) electrons. The molecule has 0 amide bonds. The summed E-state index contributed by atoms with van der Waals surface area (Å²) in [5.41, 5.74) is 6.67.